The standard InChI is InChI=1S/C42H66O16/c1-37(2)11-13-42(36(53)54)14-12-40(5)19(20(42)15-37)7-8-24-38(3)16-21(45)32(39(4,18-44)23(38)9-10-41(24,40)6)58-35-29(50)30(28(49)31(57-35)33(51)52)56-34-27(48)26(47)25(46)22(17-43)55-34/h7,20-32,34-35,43-50H,8-18H2,1-6H3,(H,51,52)(H,53,54). The van der Waals surface area contributed by atoms with E-state index in [-0.39, 0.29) is 40.4 Å². The molecular formula is C42H66O16. The summed E-state index contributed by atoms with van der Waals surface area (Å²) < 4.78 is 23.1. The summed E-state index contributed by atoms with van der Waals surface area (Å²) in [5.41, 5.74) is -1.76. The van der Waals surface area contributed by atoms with E-state index in [1.807, 2.05) is 6.92 Å². The molecule has 0 aromatic rings. The van der Waals surface area contributed by atoms with E-state index in [0.29, 0.717) is 25.7 Å². The Bertz CT molecular complexity index is 1620. The Labute approximate surface area is 339 Å². The van der Waals surface area contributed by atoms with Crippen molar-refractivity contribution in [2.45, 2.75) is 173 Å². The van der Waals surface area contributed by atoms with Crippen LogP contribution < -0.4 is 0 Å². The second-order valence-electron chi connectivity index (χ2n) is 20.7. The highest BCUT2D eigenvalue weighted by Crippen LogP contribution is 2.76. The fraction of sp³-hybridized carbons (Fsp3) is 0.905. The van der Waals surface area contributed by atoms with Crippen molar-refractivity contribution in [2.75, 3.05) is 13.2 Å². The van der Waals surface area contributed by atoms with Gasteiger partial charge in [-0.3, -0.25) is 4.79 Å². The van der Waals surface area contributed by atoms with Gasteiger partial charge in [-0.15, -0.1) is 0 Å². The summed E-state index contributed by atoms with van der Waals surface area (Å²) >= 11 is 0. The van der Waals surface area contributed by atoms with Gasteiger partial charge < -0.3 is 70.0 Å². The maximum atomic E-state index is 13.1. The minimum absolute atomic E-state index is 0.0137. The van der Waals surface area contributed by atoms with Gasteiger partial charge in [-0.2, -0.15) is 0 Å². The summed E-state index contributed by atoms with van der Waals surface area (Å²) in [6, 6.07) is 0. The average Bonchev–Trinajstić information content (AvgIpc) is 3.15. The highest BCUT2D eigenvalue weighted by atomic mass is 16.7. The Balaban J connectivity index is 1.17. The van der Waals surface area contributed by atoms with E-state index in [9.17, 15) is 60.7 Å². The van der Waals surface area contributed by atoms with Crippen LogP contribution in [0.25, 0.3) is 0 Å². The molecule has 20 atom stereocenters. The zero-order valence-corrected chi connectivity index (χ0v) is 34.4. The molecular weight excluding hydrogens is 760 g/mol. The molecule has 2 heterocycles. The fourth-order valence-corrected chi connectivity index (χ4v) is 13.8. The first-order chi connectivity index (χ1) is 27.0. The maximum Gasteiger partial charge on any atom is 0.335 e. The van der Waals surface area contributed by atoms with Crippen molar-refractivity contribution >= 4 is 11.9 Å². The molecule has 330 valence electrons. The topological polar surface area (TPSA) is 273 Å². The summed E-state index contributed by atoms with van der Waals surface area (Å²) in [4.78, 5) is 25.4. The van der Waals surface area contributed by atoms with Crippen LogP contribution in [0.1, 0.15) is 99.3 Å². The van der Waals surface area contributed by atoms with Crippen LogP contribution in [0.15, 0.2) is 11.6 Å². The van der Waals surface area contributed by atoms with E-state index in [0.717, 1.165) is 25.7 Å². The largest absolute Gasteiger partial charge is 0.481 e. The molecule has 10 N–H and O–H groups in total. The normalized spacial score (nSPS) is 53.9. The van der Waals surface area contributed by atoms with Crippen molar-refractivity contribution in [3.8, 4) is 0 Å². The molecule has 16 nitrogen and oxygen atoms in total. The van der Waals surface area contributed by atoms with E-state index < -0.39 is 115 Å². The first kappa shape index (κ1) is 44.3. The number of aliphatic carboxylic acids is 2. The number of aliphatic hydroxyl groups excluding tert-OH is 8. The van der Waals surface area contributed by atoms with Crippen LogP contribution in [0, 0.1) is 50.2 Å². The lowest BCUT2D eigenvalue weighted by atomic mass is 9.33. The van der Waals surface area contributed by atoms with Gasteiger partial charge in [0.15, 0.2) is 18.7 Å². The van der Waals surface area contributed by atoms with Crippen molar-refractivity contribution < 1.29 is 79.6 Å². The second-order valence-corrected chi connectivity index (χ2v) is 20.7. The number of allylic oxidation sites excluding steroid dienone is 2. The van der Waals surface area contributed by atoms with Crippen molar-refractivity contribution in [1.29, 1.82) is 0 Å². The molecule has 0 amide bonds. The summed E-state index contributed by atoms with van der Waals surface area (Å²) in [5.74, 6) is -2.60. The Morgan fingerprint density at radius 2 is 1.41 bits per heavy atom. The number of rotatable bonds is 8. The maximum absolute atomic E-state index is 13.1. The highest BCUT2D eigenvalue weighted by Gasteiger charge is 2.71. The number of aliphatic hydroxyl groups is 8. The van der Waals surface area contributed by atoms with Gasteiger partial charge in [-0.05, 0) is 97.2 Å². The first-order valence-corrected chi connectivity index (χ1v) is 21.0. The number of hydrogen-bond donors (Lipinski definition) is 10. The molecule has 4 saturated carbocycles. The lowest BCUT2D eigenvalue weighted by Crippen LogP contribution is -2.70. The molecule has 2 aliphatic heterocycles. The number of carbonyl (C=O) groups is 2. The number of fused-ring (bicyclic) bond motifs is 7. The van der Waals surface area contributed by atoms with Gasteiger partial charge in [0.05, 0.1) is 30.8 Å². The number of hydrogen-bond acceptors (Lipinski definition) is 14. The van der Waals surface area contributed by atoms with E-state index in [4.69, 9.17) is 18.9 Å². The van der Waals surface area contributed by atoms with E-state index in [2.05, 4.69) is 40.7 Å². The molecule has 7 aliphatic rings. The van der Waals surface area contributed by atoms with Gasteiger partial charge in [0.1, 0.15) is 42.7 Å². The smallest absolute Gasteiger partial charge is 0.335 e. The molecule has 6 fully saturated rings. The number of carboxylic acid groups (broad SMARTS) is 2. The molecule has 5 aliphatic carbocycles. The molecule has 7 rings (SSSR count). The average molecular weight is 827 g/mol. The van der Waals surface area contributed by atoms with Gasteiger partial charge >= 0.3 is 11.9 Å². The van der Waals surface area contributed by atoms with Crippen LogP contribution in [-0.2, 0) is 28.5 Å². The van der Waals surface area contributed by atoms with Crippen LogP contribution >= 0.6 is 0 Å². The predicted octanol–water partition coefficient (Wildman–Crippen LogP) is 0.918. The zero-order valence-electron chi connectivity index (χ0n) is 34.4. The zero-order chi connectivity index (χ0) is 42.7. The monoisotopic (exact) mass is 826 g/mol. The molecule has 0 aromatic heterocycles. The van der Waals surface area contributed by atoms with Crippen LogP contribution in [0.3, 0.4) is 0 Å². The summed E-state index contributed by atoms with van der Waals surface area (Å²) in [6.45, 7) is 11.9. The molecule has 16 heteroatoms. The minimum atomic E-state index is -2.05. The molecule has 0 spiro atoms. The summed E-state index contributed by atoms with van der Waals surface area (Å²) in [6.07, 6.45) is -12.6. The van der Waals surface area contributed by atoms with Crippen LogP contribution in [0.2, 0.25) is 0 Å². The highest BCUT2D eigenvalue weighted by molar-refractivity contribution is 5.76. The third kappa shape index (κ3) is 6.37. The third-order valence-electron chi connectivity index (χ3n) is 17.3. The fourth-order valence-electron chi connectivity index (χ4n) is 13.8. The SMILES string of the molecule is CC1(C)CCC2(C(=O)O)CCC3(C)C(=CCC4C5(C)CC(O)C(OC6OC(C(=O)O)C(O)C(OC7OC(CO)C(O)C(O)C7O)C6O)C(C)(CO)C5CCC43C)C2C1. The minimum Gasteiger partial charge on any atom is -0.481 e. The van der Waals surface area contributed by atoms with E-state index in [1.54, 1.807) is 0 Å². The third-order valence-corrected chi connectivity index (χ3v) is 17.3. The lowest BCUT2D eigenvalue weighted by Gasteiger charge is -2.71. The number of ether oxygens (including phenoxy) is 4. The van der Waals surface area contributed by atoms with E-state index >= 15 is 0 Å². The van der Waals surface area contributed by atoms with Crippen LogP contribution in [0.5, 0.6) is 0 Å². The van der Waals surface area contributed by atoms with Crippen molar-refractivity contribution in [1.82, 2.24) is 0 Å². The molecule has 20 unspecified atom stereocenters. The first-order valence-electron chi connectivity index (χ1n) is 21.0. The molecule has 2 saturated heterocycles. The lowest BCUT2D eigenvalue weighted by molar-refractivity contribution is -0.371. The predicted molar refractivity (Wildman–Crippen MR) is 201 cm³/mol. The number of carboxylic acids is 2. The van der Waals surface area contributed by atoms with Gasteiger partial charge in [-0.25, -0.2) is 4.79 Å². The van der Waals surface area contributed by atoms with Crippen molar-refractivity contribution in [3.05, 3.63) is 11.6 Å². The Morgan fingerprint density at radius 3 is 2.03 bits per heavy atom. The van der Waals surface area contributed by atoms with Crippen molar-refractivity contribution in [2.24, 2.45) is 50.2 Å². The quantitative estimate of drug-likeness (QED) is 0.120. The van der Waals surface area contributed by atoms with Crippen LogP contribution in [-0.4, -0.2) is 150 Å². The van der Waals surface area contributed by atoms with Crippen LogP contribution in [0.4, 0.5) is 0 Å². The molecule has 58 heavy (non-hydrogen) atoms. The summed E-state index contributed by atoms with van der Waals surface area (Å²) in [5, 5.41) is 108. The Morgan fingerprint density at radius 1 is 0.759 bits per heavy atom. The van der Waals surface area contributed by atoms with Gasteiger partial charge in [0, 0.05) is 5.41 Å². The van der Waals surface area contributed by atoms with Gasteiger partial charge in [0.2, 0.25) is 0 Å². The summed E-state index contributed by atoms with van der Waals surface area (Å²) in [7, 11) is 0. The molecule has 0 bridgehead atoms. The van der Waals surface area contributed by atoms with Gasteiger partial charge in [0.25, 0.3) is 0 Å². The van der Waals surface area contributed by atoms with Crippen molar-refractivity contribution in [3.63, 3.8) is 0 Å². The molecule has 0 aromatic carbocycles. The van der Waals surface area contributed by atoms with Gasteiger partial charge in [-0.1, -0.05) is 53.2 Å². The van der Waals surface area contributed by atoms with E-state index in [1.165, 1.54) is 5.57 Å². The Kier molecular flexibility index (Phi) is 11.4. The Hall–Kier alpha value is -1.80. The second kappa shape index (κ2) is 14.9. The molecule has 0 radical (unpaired) electrons.